The molecule has 1 heterocycles. The number of halogens is 1. The second-order valence-electron chi connectivity index (χ2n) is 4.83. The smallest absolute Gasteiger partial charge is 0.213 e. The molecule has 4 nitrogen and oxygen atoms in total. The van der Waals surface area contributed by atoms with E-state index in [1.165, 1.54) is 0 Å². The van der Waals surface area contributed by atoms with Gasteiger partial charge in [-0.25, -0.2) is 4.98 Å². The van der Waals surface area contributed by atoms with Gasteiger partial charge in [-0.2, -0.15) is 0 Å². The molecule has 0 aliphatic carbocycles. The molecule has 20 heavy (non-hydrogen) atoms. The fourth-order valence-corrected chi connectivity index (χ4v) is 1.80. The highest BCUT2D eigenvalue weighted by Crippen LogP contribution is 2.20. The van der Waals surface area contributed by atoms with Crippen molar-refractivity contribution in [3.63, 3.8) is 0 Å². The molecule has 1 aromatic heterocycles. The standard InChI is InChI=1S/C15H24ClNO3/c1-12(2)14-9-13(11-16)10-15(17-14)20-8-7-19-6-4-5-18-3/h9-10,12H,4-8,11H2,1-3H3. The fraction of sp³-hybridized carbons (Fsp3) is 0.667. The molecule has 114 valence electrons. The van der Waals surface area contributed by atoms with Crippen LogP contribution in [0.2, 0.25) is 0 Å². The minimum absolute atomic E-state index is 0.353. The fourth-order valence-electron chi connectivity index (χ4n) is 1.64. The molecular weight excluding hydrogens is 278 g/mol. The molecular formula is C15H24ClNO3. The Hall–Kier alpha value is -0.840. The van der Waals surface area contributed by atoms with Gasteiger partial charge >= 0.3 is 0 Å². The number of rotatable bonds is 10. The molecule has 1 aromatic rings. The van der Waals surface area contributed by atoms with Crippen molar-refractivity contribution in [2.75, 3.05) is 33.5 Å². The van der Waals surface area contributed by atoms with Crippen LogP contribution >= 0.6 is 11.6 Å². The highest BCUT2D eigenvalue weighted by Gasteiger charge is 2.06. The van der Waals surface area contributed by atoms with Crippen molar-refractivity contribution in [1.29, 1.82) is 0 Å². The van der Waals surface area contributed by atoms with Crippen LogP contribution in [0, 0.1) is 0 Å². The van der Waals surface area contributed by atoms with Gasteiger partial charge in [0.1, 0.15) is 6.61 Å². The third kappa shape index (κ3) is 6.55. The molecule has 0 fully saturated rings. The maximum atomic E-state index is 5.89. The zero-order chi connectivity index (χ0) is 14.8. The predicted molar refractivity (Wildman–Crippen MR) is 80.7 cm³/mol. The highest BCUT2D eigenvalue weighted by molar-refractivity contribution is 6.17. The van der Waals surface area contributed by atoms with Gasteiger partial charge in [0.2, 0.25) is 5.88 Å². The topological polar surface area (TPSA) is 40.6 Å². The van der Waals surface area contributed by atoms with Crippen LogP contribution in [-0.2, 0) is 15.4 Å². The Balaban J connectivity index is 2.37. The van der Waals surface area contributed by atoms with Gasteiger partial charge in [0.25, 0.3) is 0 Å². The largest absolute Gasteiger partial charge is 0.475 e. The molecule has 0 aromatic carbocycles. The summed E-state index contributed by atoms with van der Waals surface area (Å²) in [4.78, 5) is 4.47. The Morgan fingerprint density at radius 1 is 1.15 bits per heavy atom. The lowest BCUT2D eigenvalue weighted by molar-refractivity contribution is 0.0795. The summed E-state index contributed by atoms with van der Waals surface area (Å²) in [5.41, 5.74) is 2.03. The van der Waals surface area contributed by atoms with Crippen molar-refractivity contribution in [2.45, 2.75) is 32.1 Å². The number of hydrogen-bond acceptors (Lipinski definition) is 4. The zero-order valence-corrected chi connectivity index (χ0v) is 13.3. The first-order valence-corrected chi connectivity index (χ1v) is 7.47. The first kappa shape index (κ1) is 17.2. The third-order valence-electron chi connectivity index (χ3n) is 2.74. The second-order valence-corrected chi connectivity index (χ2v) is 5.10. The van der Waals surface area contributed by atoms with E-state index in [-0.39, 0.29) is 0 Å². The lowest BCUT2D eigenvalue weighted by atomic mass is 10.1. The molecule has 0 amide bonds. The molecule has 0 saturated heterocycles. The van der Waals surface area contributed by atoms with Crippen LogP contribution in [0.1, 0.15) is 37.4 Å². The molecule has 0 unspecified atom stereocenters. The Morgan fingerprint density at radius 3 is 2.60 bits per heavy atom. The molecule has 0 radical (unpaired) electrons. The van der Waals surface area contributed by atoms with Gasteiger partial charge in [-0.15, -0.1) is 11.6 Å². The van der Waals surface area contributed by atoms with E-state index in [4.69, 9.17) is 25.8 Å². The first-order chi connectivity index (χ1) is 9.67. The quantitative estimate of drug-likeness (QED) is 0.491. The van der Waals surface area contributed by atoms with Crippen molar-refractivity contribution >= 4 is 11.6 Å². The summed E-state index contributed by atoms with van der Waals surface area (Å²) in [7, 11) is 1.69. The number of aromatic nitrogens is 1. The number of methoxy groups -OCH3 is 1. The maximum Gasteiger partial charge on any atom is 0.213 e. The summed E-state index contributed by atoms with van der Waals surface area (Å²) in [5.74, 6) is 1.43. The Bertz CT molecular complexity index is 385. The minimum Gasteiger partial charge on any atom is -0.475 e. The van der Waals surface area contributed by atoms with Gasteiger partial charge in [0, 0.05) is 38.0 Å². The summed E-state index contributed by atoms with van der Waals surface area (Å²) >= 11 is 5.89. The molecule has 0 saturated carbocycles. The molecule has 5 heteroatoms. The van der Waals surface area contributed by atoms with Crippen LogP contribution in [-0.4, -0.2) is 38.5 Å². The van der Waals surface area contributed by atoms with Gasteiger partial charge < -0.3 is 14.2 Å². The summed E-state index contributed by atoms with van der Waals surface area (Å²) in [5, 5.41) is 0. The van der Waals surface area contributed by atoms with Gasteiger partial charge in [0.15, 0.2) is 0 Å². The summed E-state index contributed by atoms with van der Waals surface area (Å²) in [6.07, 6.45) is 0.897. The van der Waals surface area contributed by atoms with E-state index >= 15 is 0 Å². The van der Waals surface area contributed by atoms with Crippen LogP contribution in [0.4, 0.5) is 0 Å². The maximum absolute atomic E-state index is 5.89. The molecule has 0 aliphatic heterocycles. The van der Waals surface area contributed by atoms with Gasteiger partial charge in [-0.1, -0.05) is 13.8 Å². The van der Waals surface area contributed by atoms with Gasteiger partial charge in [0.05, 0.1) is 6.61 Å². The number of nitrogens with zero attached hydrogens (tertiary/aromatic N) is 1. The third-order valence-corrected chi connectivity index (χ3v) is 3.05. The SMILES string of the molecule is COCCCOCCOc1cc(CCl)cc(C(C)C)n1. The van der Waals surface area contributed by atoms with E-state index in [0.717, 1.165) is 24.3 Å². The van der Waals surface area contributed by atoms with Gasteiger partial charge in [-0.3, -0.25) is 0 Å². The van der Waals surface area contributed by atoms with E-state index in [9.17, 15) is 0 Å². The zero-order valence-electron chi connectivity index (χ0n) is 12.5. The van der Waals surface area contributed by atoms with Crippen LogP contribution in [0.15, 0.2) is 12.1 Å². The average molecular weight is 302 g/mol. The van der Waals surface area contributed by atoms with E-state index < -0.39 is 0 Å². The summed E-state index contributed by atoms with van der Waals surface area (Å²) in [6, 6.07) is 3.90. The second kappa shape index (κ2) is 9.97. The van der Waals surface area contributed by atoms with Gasteiger partial charge in [-0.05, 0) is 24.0 Å². The predicted octanol–water partition coefficient (Wildman–Crippen LogP) is 3.38. The Labute approximate surface area is 126 Å². The number of pyridine rings is 1. The minimum atomic E-state index is 0.353. The average Bonchev–Trinajstić information content (AvgIpc) is 2.46. The van der Waals surface area contributed by atoms with E-state index in [1.807, 2.05) is 12.1 Å². The molecule has 0 N–H and O–H groups in total. The Kier molecular flexibility index (Phi) is 8.58. The van der Waals surface area contributed by atoms with Crippen molar-refractivity contribution in [1.82, 2.24) is 4.98 Å². The van der Waals surface area contributed by atoms with Crippen LogP contribution in [0.5, 0.6) is 5.88 Å². The van der Waals surface area contributed by atoms with Crippen molar-refractivity contribution in [3.8, 4) is 5.88 Å². The molecule has 1 rings (SSSR count). The van der Waals surface area contributed by atoms with Crippen molar-refractivity contribution in [3.05, 3.63) is 23.4 Å². The first-order valence-electron chi connectivity index (χ1n) is 6.93. The number of ether oxygens (including phenoxy) is 3. The summed E-state index contributed by atoms with van der Waals surface area (Å²) < 4.78 is 16.0. The molecule has 0 bridgehead atoms. The molecule has 0 aliphatic rings. The lowest BCUT2D eigenvalue weighted by Crippen LogP contribution is -2.10. The Morgan fingerprint density at radius 2 is 1.95 bits per heavy atom. The van der Waals surface area contributed by atoms with Crippen molar-refractivity contribution < 1.29 is 14.2 Å². The van der Waals surface area contributed by atoms with Crippen LogP contribution < -0.4 is 4.74 Å². The monoisotopic (exact) mass is 301 g/mol. The molecule has 0 spiro atoms. The van der Waals surface area contributed by atoms with Crippen LogP contribution in [0.3, 0.4) is 0 Å². The molecule has 0 atom stereocenters. The van der Waals surface area contributed by atoms with E-state index in [2.05, 4.69) is 18.8 Å². The number of alkyl halides is 1. The van der Waals surface area contributed by atoms with Crippen molar-refractivity contribution in [2.24, 2.45) is 0 Å². The summed E-state index contributed by atoms with van der Waals surface area (Å²) in [6.45, 7) is 6.64. The lowest BCUT2D eigenvalue weighted by Gasteiger charge is -2.11. The normalized spacial score (nSPS) is 11.1. The highest BCUT2D eigenvalue weighted by atomic mass is 35.5. The van der Waals surface area contributed by atoms with Crippen LogP contribution in [0.25, 0.3) is 0 Å². The van der Waals surface area contributed by atoms with E-state index in [0.29, 0.717) is 37.5 Å². The van der Waals surface area contributed by atoms with E-state index in [1.54, 1.807) is 7.11 Å². The number of hydrogen-bond donors (Lipinski definition) is 0.